The Morgan fingerprint density at radius 1 is 1.15 bits per heavy atom. The quantitative estimate of drug-likeness (QED) is 0.240. The lowest BCUT2D eigenvalue weighted by Crippen LogP contribution is -2.41. The van der Waals surface area contributed by atoms with Crippen molar-refractivity contribution < 1.29 is 18.7 Å². The Kier molecular flexibility index (Phi) is 7.23. The lowest BCUT2D eigenvalue weighted by atomic mass is 9.94. The van der Waals surface area contributed by atoms with E-state index in [4.69, 9.17) is 21.7 Å². The number of benzene rings is 1. The van der Waals surface area contributed by atoms with E-state index in [1.54, 1.807) is 12.1 Å². The molecule has 3 atom stereocenters. The van der Waals surface area contributed by atoms with Crippen LogP contribution in [-0.2, 0) is 11.2 Å². The largest absolute Gasteiger partial charge is 0.456 e. The van der Waals surface area contributed by atoms with Crippen LogP contribution in [0.2, 0.25) is 0 Å². The number of aliphatic hydroxyl groups is 1. The number of amides is 1. The average Bonchev–Trinajstić information content (AvgIpc) is 3.59. The normalized spacial score (nSPS) is 25.3. The number of halogens is 1. The SMILES string of the molecule is O=C1C(=Cc2oc(-c3ccc(F)cc3)cc2CCCCCCO)SC(=S)N1C1CC2CCC1C2. The molecular weight excluding hydrogens is 469 g/mol. The lowest BCUT2D eigenvalue weighted by Gasteiger charge is -2.30. The Morgan fingerprint density at radius 3 is 2.65 bits per heavy atom. The van der Waals surface area contributed by atoms with Crippen molar-refractivity contribution in [1.29, 1.82) is 0 Å². The summed E-state index contributed by atoms with van der Waals surface area (Å²) in [7, 11) is 0. The van der Waals surface area contributed by atoms with E-state index in [0.717, 1.165) is 55.6 Å². The van der Waals surface area contributed by atoms with Crippen molar-refractivity contribution in [3.05, 3.63) is 52.4 Å². The average molecular weight is 500 g/mol. The number of carbonyl (C=O) groups is 1. The third-order valence-electron chi connectivity index (χ3n) is 7.44. The van der Waals surface area contributed by atoms with Gasteiger partial charge in [0.2, 0.25) is 0 Å². The van der Waals surface area contributed by atoms with E-state index in [1.165, 1.54) is 43.2 Å². The molecule has 3 aliphatic rings. The standard InChI is InChI=1S/C27H30FNO3S2/c28-21-10-8-18(9-11-21)23-15-20(5-3-1-2-4-12-30)24(32-23)16-25-26(31)29(27(33)34-25)22-14-17-6-7-19(22)13-17/h8-11,15-17,19,22,30H,1-7,12-14H2. The van der Waals surface area contributed by atoms with Gasteiger partial charge in [-0.15, -0.1) is 0 Å². The number of aliphatic hydroxyl groups excluding tert-OH is 1. The highest BCUT2D eigenvalue weighted by Gasteiger charge is 2.48. The zero-order valence-electron chi connectivity index (χ0n) is 19.2. The van der Waals surface area contributed by atoms with Crippen LogP contribution in [0.5, 0.6) is 0 Å². The molecule has 2 bridgehead atoms. The van der Waals surface area contributed by atoms with E-state index in [1.807, 2.05) is 17.0 Å². The minimum atomic E-state index is -0.288. The van der Waals surface area contributed by atoms with Crippen LogP contribution in [0.15, 0.2) is 39.7 Å². The number of aryl methyl sites for hydroxylation is 1. The third-order valence-corrected chi connectivity index (χ3v) is 8.77. The predicted octanol–water partition coefficient (Wildman–Crippen LogP) is 6.57. The molecule has 1 aliphatic heterocycles. The molecule has 1 saturated heterocycles. The summed E-state index contributed by atoms with van der Waals surface area (Å²) < 4.78 is 20.3. The second-order valence-corrected chi connectivity index (χ2v) is 11.4. The third kappa shape index (κ3) is 4.88. The van der Waals surface area contributed by atoms with E-state index < -0.39 is 0 Å². The molecule has 1 aromatic carbocycles. The van der Waals surface area contributed by atoms with Gasteiger partial charge in [0.1, 0.15) is 21.7 Å². The van der Waals surface area contributed by atoms with Crippen LogP contribution in [-0.4, -0.2) is 32.9 Å². The second kappa shape index (κ2) is 10.3. The number of furan rings is 1. The van der Waals surface area contributed by atoms with E-state index in [2.05, 4.69) is 0 Å². The van der Waals surface area contributed by atoms with E-state index in [0.29, 0.717) is 26.7 Å². The number of unbranched alkanes of at least 4 members (excludes halogenated alkanes) is 3. The van der Waals surface area contributed by atoms with Crippen LogP contribution < -0.4 is 0 Å². The fourth-order valence-electron chi connectivity index (χ4n) is 5.71. The molecule has 3 unspecified atom stereocenters. The molecule has 7 heteroatoms. The summed E-state index contributed by atoms with van der Waals surface area (Å²) in [6, 6.07) is 8.50. The van der Waals surface area contributed by atoms with Crippen LogP contribution in [0, 0.1) is 17.7 Å². The van der Waals surface area contributed by atoms with Crippen molar-refractivity contribution in [2.45, 2.75) is 63.8 Å². The van der Waals surface area contributed by atoms with Crippen molar-refractivity contribution in [2.75, 3.05) is 6.61 Å². The maximum Gasteiger partial charge on any atom is 0.266 e. The predicted molar refractivity (Wildman–Crippen MR) is 138 cm³/mol. The van der Waals surface area contributed by atoms with Gasteiger partial charge in [-0.3, -0.25) is 9.69 Å². The highest BCUT2D eigenvalue weighted by molar-refractivity contribution is 8.26. The molecule has 3 fully saturated rings. The Morgan fingerprint density at radius 2 is 1.94 bits per heavy atom. The summed E-state index contributed by atoms with van der Waals surface area (Å²) in [4.78, 5) is 15.9. The molecule has 0 spiro atoms. The first-order valence-corrected chi connectivity index (χ1v) is 13.5. The maximum absolute atomic E-state index is 13.4. The molecule has 0 radical (unpaired) electrons. The van der Waals surface area contributed by atoms with Gasteiger partial charge in [-0.05, 0) is 86.3 Å². The van der Waals surface area contributed by atoms with Crippen LogP contribution in [0.4, 0.5) is 4.39 Å². The molecule has 4 nitrogen and oxygen atoms in total. The number of thioether (sulfide) groups is 1. The van der Waals surface area contributed by atoms with Crippen molar-refractivity contribution in [3.63, 3.8) is 0 Å². The smallest absolute Gasteiger partial charge is 0.266 e. The summed E-state index contributed by atoms with van der Waals surface area (Å²) >= 11 is 7.01. The first-order valence-electron chi connectivity index (χ1n) is 12.3. The summed E-state index contributed by atoms with van der Waals surface area (Å²) in [5.74, 6) is 2.37. The molecule has 2 saturated carbocycles. The van der Waals surface area contributed by atoms with Gasteiger partial charge >= 0.3 is 0 Å². The number of fused-ring (bicyclic) bond motifs is 2. The van der Waals surface area contributed by atoms with Crippen LogP contribution in [0.25, 0.3) is 17.4 Å². The van der Waals surface area contributed by atoms with Crippen molar-refractivity contribution in [3.8, 4) is 11.3 Å². The Labute approximate surface area is 209 Å². The molecular formula is C27H30FNO3S2. The van der Waals surface area contributed by atoms with Gasteiger partial charge in [-0.25, -0.2) is 4.39 Å². The van der Waals surface area contributed by atoms with Gasteiger partial charge in [0.05, 0.1) is 4.91 Å². The van der Waals surface area contributed by atoms with Crippen molar-refractivity contribution >= 4 is 40.3 Å². The number of thiocarbonyl (C=S) groups is 1. The molecule has 5 rings (SSSR count). The summed E-state index contributed by atoms with van der Waals surface area (Å²) in [5.41, 5.74) is 1.84. The van der Waals surface area contributed by atoms with Crippen molar-refractivity contribution in [2.24, 2.45) is 11.8 Å². The summed E-state index contributed by atoms with van der Waals surface area (Å²) in [6.07, 6.45) is 11.2. The Balaban J connectivity index is 1.39. The summed E-state index contributed by atoms with van der Waals surface area (Å²) in [5, 5.41) is 9.02. The fourth-order valence-corrected chi connectivity index (χ4v) is 7.05. The fraction of sp³-hybridized carbons (Fsp3) is 0.481. The maximum atomic E-state index is 13.4. The number of hydrogen-bond donors (Lipinski definition) is 1. The molecule has 1 aromatic heterocycles. The Bertz CT molecular complexity index is 1090. The van der Waals surface area contributed by atoms with Crippen LogP contribution in [0.3, 0.4) is 0 Å². The van der Waals surface area contributed by atoms with Gasteiger partial charge in [-0.1, -0.05) is 43.2 Å². The zero-order chi connectivity index (χ0) is 23.7. The monoisotopic (exact) mass is 499 g/mol. The molecule has 2 heterocycles. The van der Waals surface area contributed by atoms with Gasteiger partial charge in [-0.2, -0.15) is 0 Å². The minimum absolute atomic E-state index is 0.00109. The first-order chi connectivity index (χ1) is 16.5. The van der Waals surface area contributed by atoms with Gasteiger partial charge in [0.25, 0.3) is 5.91 Å². The summed E-state index contributed by atoms with van der Waals surface area (Å²) in [6.45, 7) is 0.218. The number of rotatable bonds is 9. The molecule has 2 aromatic rings. The zero-order valence-corrected chi connectivity index (χ0v) is 20.8. The number of nitrogens with zero attached hydrogens (tertiary/aromatic N) is 1. The number of hydrogen-bond acceptors (Lipinski definition) is 5. The van der Waals surface area contributed by atoms with Crippen molar-refractivity contribution in [1.82, 2.24) is 4.90 Å². The molecule has 1 N–H and O–H groups in total. The topological polar surface area (TPSA) is 53.7 Å². The number of carbonyl (C=O) groups excluding carboxylic acids is 1. The first kappa shape index (κ1) is 23.8. The van der Waals surface area contributed by atoms with E-state index in [9.17, 15) is 9.18 Å². The second-order valence-electron chi connectivity index (χ2n) is 9.69. The highest BCUT2D eigenvalue weighted by Crippen LogP contribution is 2.49. The van der Waals surface area contributed by atoms with Gasteiger partial charge < -0.3 is 9.52 Å². The molecule has 1 amide bonds. The molecule has 2 aliphatic carbocycles. The van der Waals surface area contributed by atoms with Gasteiger partial charge in [0.15, 0.2) is 0 Å². The molecule has 180 valence electrons. The van der Waals surface area contributed by atoms with E-state index in [-0.39, 0.29) is 24.4 Å². The highest BCUT2D eigenvalue weighted by atomic mass is 32.2. The van der Waals surface area contributed by atoms with Crippen LogP contribution >= 0.6 is 24.0 Å². The Hall–Kier alpha value is -1.96. The lowest BCUT2D eigenvalue weighted by molar-refractivity contribution is -0.124. The van der Waals surface area contributed by atoms with Crippen LogP contribution in [0.1, 0.15) is 62.7 Å². The molecule has 34 heavy (non-hydrogen) atoms. The minimum Gasteiger partial charge on any atom is -0.456 e. The van der Waals surface area contributed by atoms with E-state index >= 15 is 0 Å². The van der Waals surface area contributed by atoms with Gasteiger partial charge in [0, 0.05) is 24.3 Å².